The normalized spacial score (nSPS) is 20.2. The van der Waals surface area contributed by atoms with Crippen LogP contribution in [-0.4, -0.2) is 30.2 Å². The number of oxime groups is 1. The predicted octanol–water partition coefficient (Wildman–Crippen LogP) is 7.47. The van der Waals surface area contributed by atoms with Crippen molar-refractivity contribution < 1.29 is 36.7 Å². The highest BCUT2D eigenvalue weighted by Crippen LogP contribution is 2.50. The predicted molar refractivity (Wildman–Crippen MR) is 139 cm³/mol. The minimum absolute atomic E-state index is 0.0632. The number of aryl methyl sites for hydroxylation is 1. The van der Waals surface area contributed by atoms with Gasteiger partial charge in [-0.1, -0.05) is 53.8 Å². The Hall–Kier alpha value is -3.16. The van der Waals surface area contributed by atoms with Crippen molar-refractivity contribution in [3.8, 4) is 6.07 Å². The molecule has 2 atom stereocenters. The molecule has 212 valence electrons. The number of esters is 1. The molecule has 2 aromatic carbocycles. The maximum absolute atomic E-state index is 14.3. The summed E-state index contributed by atoms with van der Waals surface area (Å²) in [6.45, 7) is 3.33. The van der Waals surface area contributed by atoms with Crippen molar-refractivity contribution >= 4 is 40.7 Å². The second-order valence-electron chi connectivity index (χ2n) is 10.1. The number of nitrogens with zero attached hydrogens (tertiary/aromatic N) is 2. The van der Waals surface area contributed by atoms with Crippen LogP contribution in [0, 0.1) is 35.4 Å². The van der Waals surface area contributed by atoms with Gasteiger partial charge in [0.1, 0.15) is 12.5 Å². The second kappa shape index (κ2) is 11.0. The summed E-state index contributed by atoms with van der Waals surface area (Å²) in [6.07, 6.45) is -3.70. The van der Waals surface area contributed by atoms with Crippen LogP contribution in [0.1, 0.15) is 66.1 Å². The van der Waals surface area contributed by atoms with Crippen molar-refractivity contribution in [3.63, 3.8) is 0 Å². The van der Waals surface area contributed by atoms with Gasteiger partial charge in [0, 0.05) is 17.5 Å². The lowest BCUT2D eigenvalue weighted by atomic mass is 9.85. The Labute approximate surface area is 237 Å². The maximum atomic E-state index is 14.3. The van der Waals surface area contributed by atoms with Crippen molar-refractivity contribution in [2.75, 3.05) is 6.61 Å². The molecular weight excluding hydrogens is 575 g/mol. The maximum Gasteiger partial charge on any atom is 0.435 e. The summed E-state index contributed by atoms with van der Waals surface area (Å²) < 4.78 is 62.2. The Morgan fingerprint density at radius 2 is 1.85 bits per heavy atom. The SMILES string of the molecule is CCCC(C(=O)OCC1(C#N)CC1)C(=O)c1ccc(C2=NOC(c3cc(Cl)c(F)c(Cl)c3)(C(F)(F)F)C2)cc1C. The van der Waals surface area contributed by atoms with Crippen LogP contribution < -0.4 is 0 Å². The van der Waals surface area contributed by atoms with E-state index in [1.54, 1.807) is 6.92 Å². The average molecular weight is 599 g/mol. The minimum atomic E-state index is -4.97. The fourth-order valence-corrected chi connectivity index (χ4v) is 5.04. The molecule has 1 heterocycles. The van der Waals surface area contributed by atoms with E-state index in [0.29, 0.717) is 24.8 Å². The Morgan fingerprint density at radius 3 is 2.38 bits per heavy atom. The van der Waals surface area contributed by atoms with E-state index in [-0.39, 0.29) is 29.9 Å². The summed E-state index contributed by atoms with van der Waals surface area (Å²) in [4.78, 5) is 31.1. The number of alkyl halides is 3. The van der Waals surface area contributed by atoms with E-state index in [9.17, 15) is 32.4 Å². The van der Waals surface area contributed by atoms with Gasteiger partial charge in [-0.05, 0) is 55.5 Å². The smallest absolute Gasteiger partial charge is 0.435 e. The molecule has 0 aromatic heterocycles. The number of hydrogen-bond acceptors (Lipinski definition) is 6. The molecule has 0 spiro atoms. The van der Waals surface area contributed by atoms with E-state index in [1.165, 1.54) is 18.2 Å². The van der Waals surface area contributed by atoms with Crippen molar-refractivity contribution in [2.24, 2.45) is 16.5 Å². The standard InChI is InChI=1S/C28H24Cl2F4N2O4/c1-3-4-19(25(38)39-14-26(13-35)7-8-26)24(37)18-6-5-16(9-15(18)2)22-12-27(40-36-22,28(32,33)34)17-10-20(29)23(31)21(30)11-17/h5-6,9-11,19H,3-4,7-8,12,14H2,1-2H3. The molecule has 1 aliphatic carbocycles. The van der Waals surface area contributed by atoms with Crippen molar-refractivity contribution in [3.05, 3.63) is 68.4 Å². The highest BCUT2D eigenvalue weighted by molar-refractivity contribution is 6.35. The van der Waals surface area contributed by atoms with E-state index in [1.807, 2.05) is 6.92 Å². The zero-order valence-corrected chi connectivity index (χ0v) is 23.0. The van der Waals surface area contributed by atoms with Crippen LogP contribution in [0.25, 0.3) is 0 Å². The van der Waals surface area contributed by atoms with Crippen LogP contribution in [-0.2, 0) is 20.0 Å². The molecule has 0 saturated heterocycles. The van der Waals surface area contributed by atoms with Gasteiger partial charge in [-0.2, -0.15) is 18.4 Å². The molecule has 2 unspecified atom stereocenters. The second-order valence-corrected chi connectivity index (χ2v) is 10.9. The van der Waals surface area contributed by atoms with Crippen molar-refractivity contribution in [2.45, 2.75) is 57.7 Å². The topological polar surface area (TPSA) is 88.8 Å². The number of ketones is 1. The summed E-state index contributed by atoms with van der Waals surface area (Å²) in [7, 11) is 0. The molecule has 0 amide bonds. The molecule has 4 rings (SSSR count). The summed E-state index contributed by atoms with van der Waals surface area (Å²) in [5.74, 6) is -3.33. The van der Waals surface area contributed by atoms with Crippen LogP contribution >= 0.6 is 23.2 Å². The van der Waals surface area contributed by atoms with Gasteiger partial charge < -0.3 is 9.57 Å². The highest BCUT2D eigenvalue weighted by atomic mass is 35.5. The number of Topliss-reactive ketones (excluding diaryl/α,β-unsaturated/α-hetero) is 1. The summed E-state index contributed by atoms with van der Waals surface area (Å²) >= 11 is 11.5. The fraction of sp³-hybridized carbons (Fsp3) is 0.429. The highest BCUT2D eigenvalue weighted by Gasteiger charge is 2.62. The molecule has 1 fully saturated rings. The van der Waals surface area contributed by atoms with Gasteiger partial charge >= 0.3 is 12.1 Å². The lowest BCUT2D eigenvalue weighted by Crippen LogP contribution is -2.42. The third-order valence-electron chi connectivity index (χ3n) is 7.22. The van der Waals surface area contributed by atoms with Gasteiger partial charge in [0.25, 0.3) is 5.60 Å². The number of ether oxygens (including phenoxy) is 1. The number of carbonyl (C=O) groups is 2. The fourth-order valence-electron chi connectivity index (χ4n) is 4.55. The first-order valence-corrected chi connectivity index (χ1v) is 13.2. The lowest BCUT2D eigenvalue weighted by Gasteiger charge is -2.29. The number of halogens is 6. The van der Waals surface area contributed by atoms with E-state index in [0.717, 1.165) is 12.1 Å². The van der Waals surface area contributed by atoms with Crippen LogP contribution in [0.2, 0.25) is 10.0 Å². The van der Waals surface area contributed by atoms with Gasteiger partial charge in [0.2, 0.25) is 0 Å². The van der Waals surface area contributed by atoms with E-state index < -0.39 is 62.7 Å². The Bertz CT molecular complexity index is 1410. The summed E-state index contributed by atoms with van der Waals surface area (Å²) in [6, 6.07) is 8.06. The van der Waals surface area contributed by atoms with E-state index in [2.05, 4.69) is 11.2 Å². The van der Waals surface area contributed by atoms with Gasteiger partial charge in [0.15, 0.2) is 11.6 Å². The van der Waals surface area contributed by atoms with Gasteiger partial charge in [-0.15, -0.1) is 0 Å². The first kappa shape index (κ1) is 29.8. The molecule has 12 heteroatoms. The Kier molecular flexibility index (Phi) is 8.21. The number of carbonyl (C=O) groups excluding carboxylic acids is 2. The third kappa shape index (κ3) is 5.54. The molecule has 1 saturated carbocycles. The molecule has 2 aromatic rings. The third-order valence-corrected chi connectivity index (χ3v) is 7.77. The average Bonchev–Trinajstić information content (AvgIpc) is 3.54. The first-order valence-electron chi connectivity index (χ1n) is 12.5. The molecule has 2 aliphatic rings. The largest absolute Gasteiger partial charge is 0.463 e. The minimum Gasteiger partial charge on any atom is -0.463 e. The van der Waals surface area contributed by atoms with Crippen LogP contribution in [0.5, 0.6) is 0 Å². The quantitative estimate of drug-likeness (QED) is 0.0981. The van der Waals surface area contributed by atoms with Crippen LogP contribution in [0.15, 0.2) is 35.5 Å². The number of nitriles is 1. The monoisotopic (exact) mass is 598 g/mol. The van der Waals surface area contributed by atoms with Gasteiger partial charge in [-0.25, -0.2) is 4.39 Å². The van der Waals surface area contributed by atoms with Crippen molar-refractivity contribution in [1.82, 2.24) is 0 Å². The molecule has 0 radical (unpaired) electrons. The molecule has 0 bridgehead atoms. The molecule has 1 aliphatic heterocycles. The number of hydrogen-bond donors (Lipinski definition) is 0. The lowest BCUT2D eigenvalue weighted by molar-refractivity contribution is -0.275. The van der Waals surface area contributed by atoms with Gasteiger partial charge in [0.05, 0.1) is 27.2 Å². The van der Waals surface area contributed by atoms with E-state index >= 15 is 0 Å². The van der Waals surface area contributed by atoms with Gasteiger partial charge in [-0.3, -0.25) is 9.59 Å². The zero-order chi connectivity index (χ0) is 29.5. The molecule has 6 nitrogen and oxygen atoms in total. The van der Waals surface area contributed by atoms with Crippen LogP contribution in [0.3, 0.4) is 0 Å². The molecule has 40 heavy (non-hydrogen) atoms. The van der Waals surface area contributed by atoms with E-state index in [4.69, 9.17) is 32.8 Å². The Balaban J connectivity index is 1.57. The summed E-state index contributed by atoms with van der Waals surface area (Å²) in [5, 5.41) is 11.7. The number of rotatable bonds is 9. The Morgan fingerprint density at radius 1 is 1.20 bits per heavy atom. The van der Waals surface area contributed by atoms with Crippen molar-refractivity contribution in [1.29, 1.82) is 5.26 Å². The van der Waals surface area contributed by atoms with Crippen LogP contribution in [0.4, 0.5) is 17.6 Å². The molecular formula is C28H24Cl2F4N2O4. The number of benzene rings is 2. The molecule has 0 N–H and O–H groups in total. The first-order chi connectivity index (χ1) is 18.8. The zero-order valence-electron chi connectivity index (χ0n) is 21.5. The summed E-state index contributed by atoms with van der Waals surface area (Å²) in [5.41, 5.74) is -3.32.